The standard InChI is InChI=1S/C13H22N2O/c1-4-11-7-5-6-8-13(11)14-9-12(16)10-15(2)3/h5-8,12,14,16H,4,9-10H2,1-3H3. The summed E-state index contributed by atoms with van der Waals surface area (Å²) in [4.78, 5) is 1.98. The van der Waals surface area contributed by atoms with Crippen LogP contribution in [-0.4, -0.2) is 43.3 Å². The predicted molar refractivity (Wildman–Crippen MR) is 68.9 cm³/mol. The molecule has 0 aliphatic rings. The fraction of sp³-hybridized carbons (Fsp3) is 0.538. The van der Waals surface area contributed by atoms with Crippen LogP contribution in [-0.2, 0) is 6.42 Å². The molecule has 3 nitrogen and oxygen atoms in total. The molecule has 90 valence electrons. The zero-order valence-corrected chi connectivity index (χ0v) is 10.4. The second-order valence-electron chi connectivity index (χ2n) is 4.31. The Balaban J connectivity index is 2.47. The van der Waals surface area contributed by atoms with E-state index in [0.29, 0.717) is 13.1 Å². The number of aryl methyl sites for hydroxylation is 1. The first-order valence-electron chi connectivity index (χ1n) is 5.78. The maximum atomic E-state index is 9.74. The largest absolute Gasteiger partial charge is 0.390 e. The van der Waals surface area contributed by atoms with E-state index < -0.39 is 0 Å². The summed E-state index contributed by atoms with van der Waals surface area (Å²) in [7, 11) is 3.92. The topological polar surface area (TPSA) is 35.5 Å². The molecule has 0 heterocycles. The van der Waals surface area contributed by atoms with E-state index in [-0.39, 0.29) is 6.10 Å². The van der Waals surface area contributed by atoms with Gasteiger partial charge in [0.05, 0.1) is 6.10 Å². The van der Waals surface area contributed by atoms with Crippen LogP contribution in [0.4, 0.5) is 5.69 Å². The minimum atomic E-state index is -0.333. The van der Waals surface area contributed by atoms with Crippen LogP contribution >= 0.6 is 0 Å². The Hall–Kier alpha value is -1.06. The first-order valence-corrected chi connectivity index (χ1v) is 5.78. The van der Waals surface area contributed by atoms with Gasteiger partial charge in [0.15, 0.2) is 0 Å². The number of aliphatic hydroxyl groups is 1. The van der Waals surface area contributed by atoms with Crippen molar-refractivity contribution >= 4 is 5.69 Å². The van der Waals surface area contributed by atoms with E-state index in [2.05, 4.69) is 24.4 Å². The van der Waals surface area contributed by atoms with Gasteiger partial charge in [0.2, 0.25) is 0 Å². The van der Waals surface area contributed by atoms with Crippen LogP contribution in [0.25, 0.3) is 0 Å². The molecule has 0 bridgehead atoms. The zero-order valence-electron chi connectivity index (χ0n) is 10.4. The number of nitrogens with zero attached hydrogens (tertiary/aromatic N) is 1. The number of hydrogen-bond donors (Lipinski definition) is 2. The van der Waals surface area contributed by atoms with E-state index in [1.165, 1.54) is 5.56 Å². The van der Waals surface area contributed by atoms with Crippen LogP contribution in [0.5, 0.6) is 0 Å². The lowest BCUT2D eigenvalue weighted by atomic mass is 10.1. The highest BCUT2D eigenvalue weighted by atomic mass is 16.3. The number of aliphatic hydroxyl groups excluding tert-OH is 1. The van der Waals surface area contributed by atoms with Gasteiger partial charge in [0.1, 0.15) is 0 Å². The van der Waals surface area contributed by atoms with Gasteiger partial charge in [0, 0.05) is 18.8 Å². The number of para-hydroxylation sites is 1. The first-order chi connectivity index (χ1) is 7.63. The summed E-state index contributed by atoms with van der Waals surface area (Å²) in [5.41, 5.74) is 2.42. The van der Waals surface area contributed by atoms with Crippen molar-refractivity contribution in [2.45, 2.75) is 19.4 Å². The highest BCUT2D eigenvalue weighted by molar-refractivity contribution is 5.51. The molecule has 1 unspecified atom stereocenters. The fourth-order valence-electron chi connectivity index (χ4n) is 1.71. The number of anilines is 1. The van der Waals surface area contributed by atoms with Crippen molar-refractivity contribution in [1.29, 1.82) is 0 Å². The first kappa shape index (κ1) is 13.0. The number of hydrogen-bond acceptors (Lipinski definition) is 3. The Morgan fingerprint density at radius 2 is 2.00 bits per heavy atom. The van der Waals surface area contributed by atoms with E-state index in [0.717, 1.165) is 12.1 Å². The second kappa shape index (κ2) is 6.51. The van der Waals surface area contributed by atoms with E-state index >= 15 is 0 Å². The van der Waals surface area contributed by atoms with Crippen molar-refractivity contribution in [2.75, 3.05) is 32.5 Å². The number of nitrogens with one attached hydrogen (secondary N) is 1. The highest BCUT2D eigenvalue weighted by Crippen LogP contribution is 2.15. The molecule has 0 saturated heterocycles. The third-order valence-corrected chi connectivity index (χ3v) is 2.50. The average molecular weight is 222 g/mol. The van der Waals surface area contributed by atoms with Crippen molar-refractivity contribution in [2.24, 2.45) is 0 Å². The summed E-state index contributed by atoms with van der Waals surface area (Å²) in [6, 6.07) is 8.22. The average Bonchev–Trinajstić information content (AvgIpc) is 2.26. The van der Waals surface area contributed by atoms with Gasteiger partial charge in [-0.3, -0.25) is 0 Å². The third kappa shape index (κ3) is 4.21. The van der Waals surface area contributed by atoms with Gasteiger partial charge in [-0.25, -0.2) is 0 Å². The highest BCUT2D eigenvalue weighted by Gasteiger charge is 2.06. The summed E-state index contributed by atoms with van der Waals surface area (Å²) in [6.45, 7) is 3.41. The smallest absolute Gasteiger partial charge is 0.0838 e. The van der Waals surface area contributed by atoms with Crippen molar-refractivity contribution in [3.8, 4) is 0 Å². The van der Waals surface area contributed by atoms with Gasteiger partial charge in [-0.1, -0.05) is 25.1 Å². The summed E-state index contributed by atoms with van der Waals surface area (Å²) in [6.07, 6.45) is 0.673. The number of rotatable bonds is 6. The summed E-state index contributed by atoms with van der Waals surface area (Å²) >= 11 is 0. The van der Waals surface area contributed by atoms with E-state index in [9.17, 15) is 5.11 Å². The molecule has 1 aromatic carbocycles. The summed E-state index contributed by atoms with van der Waals surface area (Å²) in [5.74, 6) is 0. The molecule has 1 rings (SSSR count). The SMILES string of the molecule is CCc1ccccc1NCC(O)CN(C)C. The second-order valence-corrected chi connectivity index (χ2v) is 4.31. The Kier molecular flexibility index (Phi) is 5.29. The van der Waals surface area contributed by atoms with Crippen LogP contribution in [0.2, 0.25) is 0 Å². The zero-order chi connectivity index (χ0) is 12.0. The lowest BCUT2D eigenvalue weighted by Crippen LogP contribution is -2.31. The predicted octanol–water partition coefficient (Wildman–Crippen LogP) is 1.58. The van der Waals surface area contributed by atoms with Crippen LogP contribution in [0.1, 0.15) is 12.5 Å². The molecular weight excluding hydrogens is 200 g/mol. The van der Waals surface area contributed by atoms with Gasteiger partial charge < -0.3 is 15.3 Å². The van der Waals surface area contributed by atoms with Gasteiger partial charge in [-0.15, -0.1) is 0 Å². The summed E-state index contributed by atoms with van der Waals surface area (Å²) in [5, 5.41) is 13.0. The maximum Gasteiger partial charge on any atom is 0.0838 e. The number of benzene rings is 1. The number of likely N-dealkylation sites (N-methyl/N-ethyl adjacent to an activating group) is 1. The van der Waals surface area contributed by atoms with E-state index in [1.807, 2.05) is 31.1 Å². The Labute approximate surface area is 98.1 Å². The van der Waals surface area contributed by atoms with Crippen molar-refractivity contribution in [3.05, 3.63) is 29.8 Å². The molecule has 0 amide bonds. The molecule has 2 N–H and O–H groups in total. The van der Waals surface area contributed by atoms with Gasteiger partial charge in [-0.05, 0) is 32.1 Å². The molecule has 0 aromatic heterocycles. The van der Waals surface area contributed by atoms with Crippen LogP contribution < -0.4 is 5.32 Å². The quantitative estimate of drug-likeness (QED) is 0.767. The van der Waals surface area contributed by atoms with Crippen LogP contribution in [0, 0.1) is 0 Å². The van der Waals surface area contributed by atoms with Gasteiger partial charge >= 0.3 is 0 Å². The minimum absolute atomic E-state index is 0.333. The normalized spacial score (nSPS) is 12.8. The fourth-order valence-corrected chi connectivity index (χ4v) is 1.71. The molecular formula is C13H22N2O. The Morgan fingerprint density at radius 1 is 1.31 bits per heavy atom. The minimum Gasteiger partial charge on any atom is -0.390 e. The van der Waals surface area contributed by atoms with E-state index in [4.69, 9.17) is 0 Å². The van der Waals surface area contributed by atoms with E-state index in [1.54, 1.807) is 0 Å². The lowest BCUT2D eigenvalue weighted by Gasteiger charge is -2.18. The summed E-state index contributed by atoms with van der Waals surface area (Å²) < 4.78 is 0. The molecule has 0 radical (unpaired) electrons. The van der Waals surface area contributed by atoms with Crippen molar-refractivity contribution in [1.82, 2.24) is 4.90 Å². The molecule has 0 spiro atoms. The molecule has 3 heteroatoms. The van der Waals surface area contributed by atoms with Gasteiger partial charge in [-0.2, -0.15) is 0 Å². The third-order valence-electron chi connectivity index (χ3n) is 2.50. The molecule has 0 aliphatic carbocycles. The molecule has 16 heavy (non-hydrogen) atoms. The Bertz CT molecular complexity index is 313. The van der Waals surface area contributed by atoms with Crippen molar-refractivity contribution < 1.29 is 5.11 Å². The molecule has 0 fully saturated rings. The molecule has 0 saturated carbocycles. The molecule has 1 aromatic rings. The van der Waals surface area contributed by atoms with Crippen LogP contribution in [0.3, 0.4) is 0 Å². The molecule has 1 atom stereocenters. The van der Waals surface area contributed by atoms with Gasteiger partial charge in [0.25, 0.3) is 0 Å². The van der Waals surface area contributed by atoms with Crippen LogP contribution in [0.15, 0.2) is 24.3 Å². The molecule has 0 aliphatic heterocycles. The maximum absolute atomic E-state index is 9.74. The van der Waals surface area contributed by atoms with Crippen molar-refractivity contribution in [3.63, 3.8) is 0 Å². The lowest BCUT2D eigenvalue weighted by molar-refractivity contribution is 0.148. The Morgan fingerprint density at radius 3 is 2.62 bits per heavy atom. The monoisotopic (exact) mass is 222 g/mol.